The lowest BCUT2D eigenvalue weighted by atomic mass is 10.1. The van der Waals surface area contributed by atoms with Gasteiger partial charge in [-0.05, 0) is 56.5 Å². The van der Waals surface area contributed by atoms with E-state index in [2.05, 4.69) is 26.1 Å². The fourth-order valence-corrected chi connectivity index (χ4v) is 3.80. The Morgan fingerprint density at radius 3 is 2.89 bits per heavy atom. The quantitative estimate of drug-likeness (QED) is 0.862. The van der Waals surface area contributed by atoms with Gasteiger partial charge in [0, 0.05) is 28.7 Å². The number of rotatable bonds is 1. The van der Waals surface area contributed by atoms with E-state index in [1.54, 1.807) is 0 Å². The molecule has 19 heavy (non-hydrogen) atoms. The lowest BCUT2D eigenvalue weighted by molar-refractivity contribution is 0.0679. The molecule has 0 saturated carbocycles. The van der Waals surface area contributed by atoms with Gasteiger partial charge in [0.2, 0.25) is 0 Å². The van der Waals surface area contributed by atoms with Gasteiger partial charge < -0.3 is 10.2 Å². The van der Waals surface area contributed by atoms with Gasteiger partial charge in [-0.15, -0.1) is 0 Å². The third kappa shape index (κ3) is 2.43. The molecule has 0 radical (unpaired) electrons. The highest BCUT2D eigenvalue weighted by Crippen LogP contribution is 2.30. The number of fused-ring (bicyclic) bond motifs is 2. The second-order valence-electron chi connectivity index (χ2n) is 5.55. The number of nitrogens with zero attached hydrogens (tertiary/aromatic N) is 1. The fraction of sp³-hybridized carbons (Fsp3) is 0.533. The predicted molar refractivity (Wildman–Crippen MR) is 79.3 cm³/mol. The highest BCUT2D eigenvalue weighted by molar-refractivity contribution is 9.10. The van der Waals surface area contributed by atoms with Crippen LogP contribution in [0.3, 0.4) is 0 Å². The molecule has 2 unspecified atom stereocenters. The first-order valence-corrected chi connectivity index (χ1v) is 7.75. The summed E-state index contributed by atoms with van der Waals surface area (Å²) in [5.41, 5.74) is 1.90. The highest BCUT2D eigenvalue weighted by Gasteiger charge is 2.38. The van der Waals surface area contributed by atoms with E-state index in [9.17, 15) is 4.79 Å². The van der Waals surface area contributed by atoms with Crippen LogP contribution in [0.1, 0.15) is 35.2 Å². The molecule has 0 spiro atoms. The van der Waals surface area contributed by atoms with Crippen molar-refractivity contribution in [1.82, 2.24) is 10.2 Å². The highest BCUT2D eigenvalue weighted by atomic mass is 79.9. The molecule has 2 saturated heterocycles. The van der Waals surface area contributed by atoms with Crippen LogP contribution in [0.15, 0.2) is 22.7 Å². The molecule has 2 aliphatic rings. The van der Waals surface area contributed by atoms with Crippen molar-refractivity contribution in [3.8, 4) is 0 Å². The smallest absolute Gasteiger partial charge is 0.254 e. The molecular weight excluding hydrogens is 304 g/mol. The molecule has 3 nitrogen and oxygen atoms in total. The van der Waals surface area contributed by atoms with Crippen LogP contribution in [0.4, 0.5) is 0 Å². The molecule has 1 aromatic rings. The Morgan fingerprint density at radius 1 is 1.32 bits per heavy atom. The Morgan fingerprint density at radius 2 is 2.11 bits per heavy atom. The first kappa shape index (κ1) is 13.1. The summed E-state index contributed by atoms with van der Waals surface area (Å²) in [6, 6.07) is 6.72. The lowest BCUT2D eigenvalue weighted by Crippen LogP contribution is -2.42. The SMILES string of the molecule is Cc1cc(Br)ccc1C(=O)N1C2CCNCC1CC2. The second-order valence-corrected chi connectivity index (χ2v) is 6.47. The first-order chi connectivity index (χ1) is 9.16. The molecule has 1 amide bonds. The second kappa shape index (κ2) is 5.25. The van der Waals surface area contributed by atoms with Crippen molar-refractivity contribution >= 4 is 21.8 Å². The molecule has 1 aromatic carbocycles. The molecule has 102 valence electrons. The van der Waals surface area contributed by atoms with E-state index < -0.39 is 0 Å². The molecule has 3 rings (SSSR count). The average molecular weight is 323 g/mol. The van der Waals surface area contributed by atoms with Gasteiger partial charge in [-0.25, -0.2) is 0 Å². The van der Waals surface area contributed by atoms with Gasteiger partial charge in [-0.3, -0.25) is 4.79 Å². The third-order valence-electron chi connectivity index (χ3n) is 4.31. The van der Waals surface area contributed by atoms with Gasteiger partial charge in [0.15, 0.2) is 0 Å². The number of hydrogen-bond donors (Lipinski definition) is 1. The van der Waals surface area contributed by atoms with E-state index in [0.29, 0.717) is 12.1 Å². The Balaban J connectivity index is 1.90. The van der Waals surface area contributed by atoms with Crippen LogP contribution in [0.25, 0.3) is 0 Å². The zero-order valence-corrected chi connectivity index (χ0v) is 12.7. The Hall–Kier alpha value is -0.870. The number of aryl methyl sites for hydroxylation is 1. The number of carbonyl (C=O) groups is 1. The van der Waals surface area contributed by atoms with E-state index in [0.717, 1.165) is 48.0 Å². The number of amides is 1. The fourth-order valence-electron chi connectivity index (χ4n) is 3.32. The van der Waals surface area contributed by atoms with Crippen molar-refractivity contribution < 1.29 is 4.79 Å². The minimum atomic E-state index is 0.209. The summed E-state index contributed by atoms with van der Waals surface area (Å²) >= 11 is 3.46. The van der Waals surface area contributed by atoms with Crippen LogP contribution in [0.2, 0.25) is 0 Å². The van der Waals surface area contributed by atoms with Gasteiger partial charge in [-0.2, -0.15) is 0 Å². The molecule has 1 N–H and O–H groups in total. The molecule has 4 heteroatoms. The number of halogens is 1. The minimum absolute atomic E-state index is 0.209. The van der Waals surface area contributed by atoms with E-state index in [1.165, 1.54) is 0 Å². The number of benzene rings is 1. The predicted octanol–water partition coefficient (Wildman–Crippen LogP) is 2.72. The summed E-state index contributed by atoms with van der Waals surface area (Å²) in [7, 11) is 0. The summed E-state index contributed by atoms with van der Waals surface area (Å²) in [6.07, 6.45) is 3.38. The zero-order valence-electron chi connectivity index (χ0n) is 11.2. The van der Waals surface area contributed by atoms with Crippen molar-refractivity contribution in [3.63, 3.8) is 0 Å². The lowest BCUT2D eigenvalue weighted by Gasteiger charge is -2.28. The normalized spacial score (nSPS) is 26.3. The van der Waals surface area contributed by atoms with Crippen LogP contribution in [0.5, 0.6) is 0 Å². The Kier molecular flexibility index (Phi) is 3.63. The summed E-state index contributed by atoms with van der Waals surface area (Å²) in [4.78, 5) is 15.0. The molecule has 2 heterocycles. The van der Waals surface area contributed by atoms with Crippen LogP contribution in [0, 0.1) is 6.92 Å². The molecule has 0 aliphatic carbocycles. The van der Waals surface area contributed by atoms with Crippen LogP contribution in [-0.4, -0.2) is 36.0 Å². The monoisotopic (exact) mass is 322 g/mol. The molecule has 2 fully saturated rings. The topological polar surface area (TPSA) is 32.3 Å². The van der Waals surface area contributed by atoms with Crippen molar-refractivity contribution in [2.24, 2.45) is 0 Å². The van der Waals surface area contributed by atoms with Gasteiger partial charge in [-0.1, -0.05) is 15.9 Å². The van der Waals surface area contributed by atoms with Gasteiger partial charge >= 0.3 is 0 Å². The van der Waals surface area contributed by atoms with Crippen molar-refractivity contribution in [2.45, 2.75) is 38.3 Å². The number of carbonyl (C=O) groups excluding carboxylic acids is 1. The molecular formula is C15H19BrN2O. The molecule has 2 atom stereocenters. The van der Waals surface area contributed by atoms with Crippen LogP contribution < -0.4 is 5.32 Å². The van der Waals surface area contributed by atoms with Crippen molar-refractivity contribution in [2.75, 3.05) is 13.1 Å². The maximum Gasteiger partial charge on any atom is 0.254 e. The van der Waals surface area contributed by atoms with Gasteiger partial charge in [0.05, 0.1) is 0 Å². The van der Waals surface area contributed by atoms with Gasteiger partial charge in [0.1, 0.15) is 0 Å². The van der Waals surface area contributed by atoms with E-state index in [-0.39, 0.29) is 5.91 Å². The molecule has 0 aromatic heterocycles. The van der Waals surface area contributed by atoms with Crippen LogP contribution >= 0.6 is 15.9 Å². The summed E-state index contributed by atoms with van der Waals surface area (Å²) in [6.45, 7) is 3.98. The Labute approximate surface area is 122 Å². The van der Waals surface area contributed by atoms with E-state index in [4.69, 9.17) is 0 Å². The van der Waals surface area contributed by atoms with Crippen molar-refractivity contribution in [3.05, 3.63) is 33.8 Å². The standard InChI is InChI=1S/C15H19BrN2O/c1-10-8-11(16)2-5-14(10)15(19)18-12-3-4-13(18)9-17-7-6-12/h2,5,8,12-13,17H,3-4,6-7,9H2,1H3. The van der Waals surface area contributed by atoms with E-state index >= 15 is 0 Å². The first-order valence-electron chi connectivity index (χ1n) is 6.96. The Bertz CT molecular complexity index is 489. The summed E-state index contributed by atoms with van der Waals surface area (Å²) in [5.74, 6) is 0.209. The summed E-state index contributed by atoms with van der Waals surface area (Å²) < 4.78 is 1.03. The number of hydrogen-bond acceptors (Lipinski definition) is 2. The van der Waals surface area contributed by atoms with Crippen LogP contribution in [-0.2, 0) is 0 Å². The summed E-state index contributed by atoms with van der Waals surface area (Å²) in [5, 5.41) is 3.44. The maximum absolute atomic E-state index is 12.8. The zero-order chi connectivity index (χ0) is 13.4. The largest absolute Gasteiger partial charge is 0.331 e. The molecule has 2 aliphatic heterocycles. The number of nitrogens with one attached hydrogen (secondary N) is 1. The minimum Gasteiger partial charge on any atom is -0.331 e. The maximum atomic E-state index is 12.8. The van der Waals surface area contributed by atoms with Crippen molar-refractivity contribution in [1.29, 1.82) is 0 Å². The average Bonchev–Trinajstić information content (AvgIpc) is 2.62. The van der Waals surface area contributed by atoms with Gasteiger partial charge in [0.25, 0.3) is 5.91 Å². The molecule has 2 bridgehead atoms. The van der Waals surface area contributed by atoms with E-state index in [1.807, 2.05) is 25.1 Å². The third-order valence-corrected chi connectivity index (χ3v) is 4.80.